The van der Waals surface area contributed by atoms with Gasteiger partial charge in [0.05, 0.1) is 5.02 Å². The molecule has 0 heterocycles. The molecular weight excluding hydrogens is 314 g/mol. The van der Waals surface area contributed by atoms with Crippen molar-refractivity contribution in [1.82, 2.24) is 0 Å². The number of benzene rings is 1. The Morgan fingerprint density at radius 1 is 1.22 bits per heavy atom. The number of carbonyl (C=O) groups is 1. The third-order valence-electron chi connectivity index (χ3n) is 3.41. The van der Waals surface area contributed by atoms with Gasteiger partial charge in [0.2, 0.25) is 5.91 Å². The molecule has 1 amide bonds. The number of hydrogen-bond donors (Lipinski definition) is 1. The zero-order chi connectivity index (χ0) is 13.0. The minimum Gasteiger partial charge on any atom is -0.326 e. The first-order valence-corrected chi connectivity index (χ1v) is 7.60. The molecule has 0 saturated heterocycles. The molecule has 1 aliphatic rings. The van der Waals surface area contributed by atoms with E-state index in [0.717, 1.165) is 23.0 Å². The first-order chi connectivity index (χ1) is 8.66. The number of halogens is 2. The van der Waals surface area contributed by atoms with Crippen molar-refractivity contribution in [1.29, 1.82) is 0 Å². The summed E-state index contributed by atoms with van der Waals surface area (Å²) in [6.07, 6.45) is 6.89. The van der Waals surface area contributed by atoms with Crippen LogP contribution in [-0.2, 0) is 4.79 Å². The summed E-state index contributed by atoms with van der Waals surface area (Å²) in [5, 5.41) is 3.63. The van der Waals surface area contributed by atoms with Crippen LogP contribution >= 0.6 is 27.5 Å². The molecule has 2 nitrogen and oxygen atoms in total. The average Bonchev–Trinajstić information content (AvgIpc) is 2.62. The van der Waals surface area contributed by atoms with Gasteiger partial charge >= 0.3 is 0 Å². The molecular formula is C14H17BrClNO. The lowest BCUT2D eigenvalue weighted by atomic mass is 9.99. The molecule has 0 aliphatic heterocycles. The number of amides is 1. The van der Waals surface area contributed by atoms with E-state index in [9.17, 15) is 4.79 Å². The van der Waals surface area contributed by atoms with Gasteiger partial charge in [-0.25, -0.2) is 0 Å². The average molecular weight is 331 g/mol. The summed E-state index contributed by atoms with van der Waals surface area (Å²) < 4.78 is 0.808. The molecule has 1 aromatic rings. The summed E-state index contributed by atoms with van der Waals surface area (Å²) in [6.45, 7) is 0. The maximum absolute atomic E-state index is 12.2. The molecule has 98 valence electrons. The fourth-order valence-corrected chi connectivity index (χ4v) is 2.86. The van der Waals surface area contributed by atoms with E-state index >= 15 is 0 Å². The highest BCUT2D eigenvalue weighted by molar-refractivity contribution is 9.10. The molecule has 1 aromatic carbocycles. The van der Waals surface area contributed by atoms with Crippen molar-refractivity contribution in [2.45, 2.75) is 38.5 Å². The van der Waals surface area contributed by atoms with Crippen LogP contribution in [0.15, 0.2) is 22.7 Å². The standard InChI is InChI=1S/C14H17BrClNO/c15-12-9-11(7-8-13(12)16)17-14(18)10-5-3-1-2-4-6-10/h7-10H,1-6H2,(H,17,18). The van der Waals surface area contributed by atoms with Gasteiger partial charge in [0, 0.05) is 16.1 Å². The Morgan fingerprint density at radius 2 is 1.89 bits per heavy atom. The first kappa shape index (κ1) is 13.9. The SMILES string of the molecule is O=C(Nc1ccc(Cl)c(Br)c1)C1CCCCCC1. The van der Waals surface area contributed by atoms with Gasteiger partial charge in [-0.2, -0.15) is 0 Å². The Balaban J connectivity index is 1.99. The number of anilines is 1. The molecule has 1 fully saturated rings. The van der Waals surface area contributed by atoms with Gasteiger partial charge in [0.15, 0.2) is 0 Å². The quantitative estimate of drug-likeness (QED) is 0.759. The van der Waals surface area contributed by atoms with E-state index in [1.165, 1.54) is 25.7 Å². The molecule has 1 saturated carbocycles. The Kier molecular flexibility index (Phi) is 5.07. The third kappa shape index (κ3) is 3.72. The highest BCUT2D eigenvalue weighted by atomic mass is 79.9. The predicted octanol–water partition coefficient (Wildman–Crippen LogP) is 5.01. The van der Waals surface area contributed by atoms with Crippen LogP contribution in [-0.4, -0.2) is 5.91 Å². The van der Waals surface area contributed by atoms with Gasteiger partial charge in [-0.3, -0.25) is 4.79 Å². The van der Waals surface area contributed by atoms with E-state index in [0.29, 0.717) is 5.02 Å². The molecule has 0 radical (unpaired) electrons. The second kappa shape index (κ2) is 6.58. The summed E-state index contributed by atoms with van der Waals surface area (Å²) in [5.74, 6) is 0.313. The summed E-state index contributed by atoms with van der Waals surface area (Å²) in [6, 6.07) is 5.47. The fourth-order valence-electron chi connectivity index (χ4n) is 2.36. The second-order valence-electron chi connectivity index (χ2n) is 4.81. The molecule has 4 heteroatoms. The molecule has 0 spiro atoms. The Morgan fingerprint density at radius 3 is 2.50 bits per heavy atom. The molecule has 1 N–H and O–H groups in total. The highest BCUT2D eigenvalue weighted by Crippen LogP contribution is 2.27. The Labute approximate surface area is 121 Å². The maximum Gasteiger partial charge on any atom is 0.227 e. The lowest BCUT2D eigenvalue weighted by molar-refractivity contribution is -0.120. The zero-order valence-corrected chi connectivity index (χ0v) is 12.6. The zero-order valence-electron chi connectivity index (χ0n) is 10.2. The highest BCUT2D eigenvalue weighted by Gasteiger charge is 2.20. The van der Waals surface area contributed by atoms with Gasteiger partial charge in [-0.1, -0.05) is 37.3 Å². The van der Waals surface area contributed by atoms with E-state index in [1.807, 2.05) is 12.1 Å². The van der Waals surface area contributed by atoms with Crippen LogP contribution < -0.4 is 5.32 Å². The first-order valence-electron chi connectivity index (χ1n) is 6.43. The Hall–Kier alpha value is -0.540. The normalized spacial score (nSPS) is 17.2. The minimum atomic E-state index is 0.145. The maximum atomic E-state index is 12.2. The van der Waals surface area contributed by atoms with Crippen LogP contribution in [0.25, 0.3) is 0 Å². The van der Waals surface area contributed by atoms with Crippen LogP contribution in [0.2, 0.25) is 5.02 Å². The van der Waals surface area contributed by atoms with Crippen molar-refractivity contribution in [3.8, 4) is 0 Å². The number of rotatable bonds is 2. The summed E-state index contributed by atoms with van der Waals surface area (Å²) >= 11 is 9.29. The van der Waals surface area contributed by atoms with E-state index in [-0.39, 0.29) is 11.8 Å². The number of hydrogen-bond acceptors (Lipinski definition) is 1. The summed E-state index contributed by atoms with van der Waals surface area (Å²) in [5.41, 5.74) is 0.806. The second-order valence-corrected chi connectivity index (χ2v) is 6.07. The summed E-state index contributed by atoms with van der Waals surface area (Å²) in [7, 11) is 0. The van der Waals surface area contributed by atoms with Gasteiger partial charge in [-0.15, -0.1) is 0 Å². The summed E-state index contributed by atoms with van der Waals surface area (Å²) in [4.78, 5) is 12.2. The van der Waals surface area contributed by atoms with Gasteiger partial charge < -0.3 is 5.32 Å². The minimum absolute atomic E-state index is 0.145. The van der Waals surface area contributed by atoms with Crippen molar-refractivity contribution < 1.29 is 4.79 Å². The monoisotopic (exact) mass is 329 g/mol. The van der Waals surface area contributed by atoms with E-state index in [2.05, 4.69) is 21.2 Å². The van der Waals surface area contributed by atoms with Gasteiger partial charge in [-0.05, 0) is 47.0 Å². The van der Waals surface area contributed by atoms with E-state index in [4.69, 9.17) is 11.6 Å². The number of nitrogens with one attached hydrogen (secondary N) is 1. The van der Waals surface area contributed by atoms with E-state index < -0.39 is 0 Å². The van der Waals surface area contributed by atoms with Crippen LogP contribution in [0.3, 0.4) is 0 Å². The van der Waals surface area contributed by atoms with Crippen molar-refractivity contribution in [3.63, 3.8) is 0 Å². The van der Waals surface area contributed by atoms with E-state index in [1.54, 1.807) is 6.07 Å². The number of carbonyl (C=O) groups excluding carboxylic acids is 1. The van der Waals surface area contributed by atoms with Crippen molar-refractivity contribution >= 4 is 39.1 Å². The largest absolute Gasteiger partial charge is 0.326 e. The van der Waals surface area contributed by atoms with Crippen LogP contribution in [0.1, 0.15) is 38.5 Å². The van der Waals surface area contributed by atoms with Crippen molar-refractivity contribution in [3.05, 3.63) is 27.7 Å². The lowest BCUT2D eigenvalue weighted by Gasteiger charge is -2.14. The molecule has 0 bridgehead atoms. The molecule has 0 aromatic heterocycles. The fraction of sp³-hybridized carbons (Fsp3) is 0.500. The lowest BCUT2D eigenvalue weighted by Crippen LogP contribution is -2.22. The van der Waals surface area contributed by atoms with Gasteiger partial charge in [0.25, 0.3) is 0 Å². The van der Waals surface area contributed by atoms with Crippen LogP contribution in [0.4, 0.5) is 5.69 Å². The molecule has 0 unspecified atom stereocenters. The predicted molar refractivity (Wildman–Crippen MR) is 79.0 cm³/mol. The molecule has 0 atom stereocenters. The van der Waals surface area contributed by atoms with Gasteiger partial charge in [0.1, 0.15) is 0 Å². The molecule has 2 rings (SSSR count). The topological polar surface area (TPSA) is 29.1 Å². The van der Waals surface area contributed by atoms with Crippen LogP contribution in [0.5, 0.6) is 0 Å². The van der Waals surface area contributed by atoms with Crippen LogP contribution in [0, 0.1) is 5.92 Å². The molecule has 18 heavy (non-hydrogen) atoms. The smallest absolute Gasteiger partial charge is 0.227 e. The third-order valence-corrected chi connectivity index (χ3v) is 4.63. The van der Waals surface area contributed by atoms with Crippen molar-refractivity contribution in [2.75, 3.05) is 5.32 Å². The molecule has 1 aliphatic carbocycles. The Bertz CT molecular complexity index is 428. The van der Waals surface area contributed by atoms with Crippen molar-refractivity contribution in [2.24, 2.45) is 5.92 Å².